The zero-order valence-electron chi connectivity index (χ0n) is 21.3. The lowest BCUT2D eigenvalue weighted by Gasteiger charge is -2.34. The number of methoxy groups -OCH3 is 1. The highest BCUT2D eigenvalue weighted by atomic mass is 32.1. The Hall–Kier alpha value is -2.72. The molecule has 0 atom stereocenters. The lowest BCUT2D eigenvalue weighted by Crippen LogP contribution is -2.46. The third-order valence-corrected chi connectivity index (χ3v) is 8.63. The summed E-state index contributed by atoms with van der Waals surface area (Å²) in [5, 5.41) is 5.86. The number of hydrogen-bond donors (Lipinski definition) is 1. The van der Waals surface area contributed by atoms with E-state index in [-0.39, 0.29) is 0 Å². The Labute approximate surface area is 215 Å². The van der Waals surface area contributed by atoms with Gasteiger partial charge in [-0.25, -0.2) is 9.50 Å². The Morgan fingerprint density at radius 3 is 2.67 bits per heavy atom. The maximum absolute atomic E-state index is 6.52. The van der Waals surface area contributed by atoms with Gasteiger partial charge in [-0.05, 0) is 49.8 Å². The van der Waals surface area contributed by atoms with Crippen LogP contribution in [0.15, 0.2) is 24.5 Å². The summed E-state index contributed by atoms with van der Waals surface area (Å²) in [6, 6.07) is 7.36. The van der Waals surface area contributed by atoms with E-state index in [0.717, 1.165) is 76.4 Å². The van der Waals surface area contributed by atoms with Gasteiger partial charge in [0.1, 0.15) is 17.6 Å². The molecule has 2 fully saturated rings. The molecule has 0 spiro atoms. The van der Waals surface area contributed by atoms with Crippen molar-refractivity contribution in [3.63, 3.8) is 0 Å². The molecular formula is C27H34N6O2S. The summed E-state index contributed by atoms with van der Waals surface area (Å²) >= 11 is 1.73. The Kier molecular flexibility index (Phi) is 6.33. The standard InChI is InChI=1S/C27H34N6O2S/c1-4-35-15-20-21(14-31-7-9-32(10-8-31)19-5-6-19)33-25(27(28)29-16-30-33)24(20)23-13-18-11-17(2)12-22(34-3)26(18)36-23/h11-13,16,19H,4-10,14-15H2,1-3H3,(H2,28,29,30). The van der Waals surface area contributed by atoms with Gasteiger partial charge in [-0.1, -0.05) is 6.07 Å². The number of piperazine rings is 1. The van der Waals surface area contributed by atoms with Gasteiger partial charge < -0.3 is 15.2 Å². The number of fused-ring (bicyclic) bond motifs is 2. The molecule has 4 heterocycles. The third kappa shape index (κ3) is 4.24. The molecule has 8 nitrogen and oxygen atoms in total. The highest BCUT2D eigenvalue weighted by Gasteiger charge is 2.32. The van der Waals surface area contributed by atoms with E-state index in [9.17, 15) is 0 Å². The van der Waals surface area contributed by atoms with Gasteiger partial charge in [0.05, 0.1) is 24.1 Å². The molecule has 3 aromatic heterocycles. The van der Waals surface area contributed by atoms with Crippen LogP contribution in [-0.4, -0.2) is 70.3 Å². The summed E-state index contributed by atoms with van der Waals surface area (Å²) in [4.78, 5) is 10.7. The largest absolute Gasteiger partial charge is 0.495 e. The molecule has 2 N–H and O–H groups in total. The van der Waals surface area contributed by atoms with Crippen LogP contribution in [0.2, 0.25) is 0 Å². The third-order valence-electron chi connectivity index (χ3n) is 7.45. The van der Waals surface area contributed by atoms with Gasteiger partial charge >= 0.3 is 0 Å². The molecular weight excluding hydrogens is 472 g/mol. The summed E-state index contributed by atoms with van der Waals surface area (Å²) in [5.74, 6) is 1.39. The number of nitrogens with zero attached hydrogens (tertiary/aromatic N) is 5. The first-order valence-corrected chi connectivity index (χ1v) is 13.6. The van der Waals surface area contributed by atoms with Crippen LogP contribution in [0, 0.1) is 6.92 Å². The fraction of sp³-hybridized carbons (Fsp3) is 0.481. The van der Waals surface area contributed by atoms with Gasteiger partial charge in [0.25, 0.3) is 0 Å². The molecule has 0 unspecified atom stereocenters. The van der Waals surface area contributed by atoms with Crippen LogP contribution in [-0.2, 0) is 17.9 Å². The zero-order chi connectivity index (χ0) is 24.8. The van der Waals surface area contributed by atoms with Crippen molar-refractivity contribution in [1.82, 2.24) is 24.4 Å². The van der Waals surface area contributed by atoms with Crippen LogP contribution in [0.5, 0.6) is 5.75 Å². The number of anilines is 1. The molecule has 9 heteroatoms. The lowest BCUT2D eigenvalue weighted by atomic mass is 10.1. The van der Waals surface area contributed by atoms with Gasteiger partial charge in [-0.2, -0.15) is 5.10 Å². The molecule has 2 aliphatic rings. The van der Waals surface area contributed by atoms with E-state index in [4.69, 9.17) is 20.3 Å². The van der Waals surface area contributed by atoms with Gasteiger partial charge in [-0.15, -0.1) is 11.3 Å². The number of ether oxygens (including phenoxy) is 2. The number of aromatic nitrogens is 3. The Morgan fingerprint density at radius 2 is 1.94 bits per heavy atom. The van der Waals surface area contributed by atoms with Crippen LogP contribution < -0.4 is 10.5 Å². The summed E-state index contributed by atoms with van der Waals surface area (Å²) < 4.78 is 14.9. The fourth-order valence-electron chi connectivity index (χ4n) is 5.49. The minimum absolute atomic E-state index is 0.489. The second-order valence-corrected chi connectivity index (χ2v) is 10.9. The van der Waals surface area contributed by atoms with Gasteiger partial charge in [-0.3, -0.25) is 9.80 Å². The van der Waals surface area contributed by atoms with Crippen LogP contribution in [0.3, 0.4) is 0 Å². The molecule has 1 saturated heterocycles. The fourth-order valence-corrected chi connectivity index (χ4v) is 6.69. The SMILES string of the molecule is CCOCc1c(-c2cc3cc(C)cc(OC)c3s2)c2c(N)ncnn2c1CN1CCN(C2CC2)CC1. The summed E-state index contributed by atoms with van der Waals surface area (Å²) in [6.07, 6.45) is 4.28. The minimum Gasteiger partial charge on any atom is -0.495 e. The van der Waals surface area contributed by atoms with E-state index in [1.165, 1.54) is 23.8 Å². The van der Waals surface area contributed by atoms with Crippen molar-refractivity contribution >= 4 is 32.8 Å². The van der Waals surface area contributed by atoms with E-state index in [2.05, 4.69) is 39.9 Å². The van der Waals surface area contributed by atoms with E-state index >= 15 is 0 Å². The Bertz CT molecular complexity index is 1400. The molecule has 0 amide bonds. The van der Waals surface area contributed by atoms with Crippen molar-refractivity contribution < 1.29 is 9.47 Å². The number of hydrogen-bond acceptors (Lipinski definition) is 8. The number of nitrogen functional groups attached to an aromatic ring is 1. The second kappa shape index (κ2) is 9.63. The first kappa shape index (κ1) is 23.7. The molecule has 1 saturated carbocycles. The topological polar surface area (TPSA) is 81.1 Å². The Balaban J connectivity index is 1.47. The molecule has 1 aromatic carbocycles. The average Bonchev–Trinajstić information content (AvgIpc) is 3.57. The van der Waals surface area contributed by atoms with Crippen molar-refractivity contribution in [3.8, 4) is 16.2 Å². The molecule has 36 heavy (non-hydrogen) atoms. The number of benzene rings is 1. The molecule has 1 aliphatic heterocycles. The molecule has 6 rings (SSSR count). The van der Waals surface area contributed by atoms with Crippen LogP contribution in [0.4, 0.5) is 5.82 Å². The predicted molar refractivity (Wildman–Crippen MR) is 145 cm³/mol. The molecule has 190 valence electrons. The van der Waals surface area contributed by atoms with Gasteiger partial charge in [0.15, 0.2) is 5.82 Å². The van der Waals surface area contributed by atoms with Crippen molar-refractivity contribution in [1.29, 1.82) is 0 Å². The molecule has 0 radical (unpaired) electrons. The molecule has 4 aromatic rings. The van der Waals surface area contributed by atoms with E-state index in [0.29, 0.717) is 19.0 Å². The first-order valence-electron chi connectivity index (χ1n) is 12.8. The van der Waals surface area contributed by atoms with E-state index in [1.54, 1.807) is 24.8 Å². The summed E-state index contributed by atoms with van der Waals surface area (Å²) in [7, 11) is 1.73. The molecule has 1 aliphatic carbocycles. The lowest BCUT2D eigenvalue weighted by molar-refractivity contribution is 0.115. The summed E-state index contributed by atoms with van der Waals surface area (Å²) in [6.45, 7) is 10.5. The Morgan fingerprint density at radius 1 is 1.14 bits per heavy atom. The van der Waals surface area contributed by atoms with Gasteiger partial charge in [0.2, 0.25) is 0 Å². The zero-order valence-corrected chi connectivity index (χ0v) is 22.1. The normalized spacial score (nSPS) is 17.4. The van der Waals surface area contributed by atoms with Crippen LogP contribution >= 0.6 is 11.3 Å². The van der Waals surface area contributed by atoms with Crippen molar-refractivity contribution in [2.45, 2.75) is 45.9 Å². The molecule has 0 bridgehead atoms. The first-order chi connectivity index (χ1) is 17.6. The number of aryl methyl sites for hydroxylation is 1. The van der Waals surface area contributed by atoms with Crippen LogP contribution in [0.25, 0.3) is 26.0 Å². The van der Waals surface area contributed by atoms with Crippen molar-refractivity contribution in [2.75, 3.05) is 45.6 Å². The van der Waals surface area contributed by atoms with Crippen LogP contribution in [0.1, 0.15) is 36.6 Å². The number of rotatable bonds is 8. The number of nitrogens with two attached hydrogens (primary N) is 1. The van der Waals surface area contributed by atoms with E-state index < -0.39 is 0 Å². The maximum atomic E-state index is 6.52. The maximum Gasteiger partial charge on any atom is 0.152 e. The highest BCUT2D eigenvalue weighted by Crippen LogP contribution is 2.44. The van der Waals surface area contributed by atoms with Crippen molar-refractivity contribution in [2.24, 2.45) is 0 Å². The quantitative estimate of drug-likeness (QED) is 0.381. The minimum atomic E-state index is 0.489. The highest BCUT2D eigenvalue weighted by molar-refractivity contribution is 7.22. The smallest absolute Gasteiger partial charge is 0.152 e. The monoisotopic (exact) mass is 506 g/mol. The van der Waals surface area contributed by atoms with E-state index in [1.807, 2.05) is 11.4 Å². The summed E-state index contributed by atoms with van der Waals surface area (Å²) in [5.41, 5.74) is 11.9. The predicted octanol–water partition coefficient (Wildman–Crippen LogP) is 4.33. The van der Waals surface area contributed by atoms with Crippen molar-refractivity contribution in [3.05, 3.63) is 41.3 Å². The average molecular weight is 507 g/mol. The second-order valence-electron chi connectivity index (χ2n) is 9.88. The number of thiophene rings is 1. The van der Waals surface area contributed by atoms with Gasteiger partial charge in [0, 0.05) is 61.4 Å².